The molecule has 2 rings (SSSR count). The lowest BCUT2D eigenvalue weighted by Gasteiger charge is -2.29. The maximum atomic E-state index is 12.0. The second kappa shape index (κ2) is 7.81. The summed E-state index contributed by atoms with van der Waals surface area (Å²) in [6.45, 7) is 6.23. The first-order valence-corrected chi connectivity index (χ1v) is 8.04. The van der Waals surface area contributed by atoms with Crippen molar-refractivity contribution in [1.82, 2.24) is 10.6 Å². The van der Waals surface area contributed by atoms with Crippen LogP contribution in [0.5, 0.6) is 0 Å². The van der Waals surface area contributed by atoms with Gasteiger partial charge in [-0.15, -0.1) is 0 Å². The topological polar surface area (TPSA) is 71.3 Å². The predicted octanol–water partition coefficient (Wildman–Crippen LogP) is 2.88. The van der Waals surface area contributed by atoms with Crippen LogP contribution in [-0.4, -0.2) is 24.4 Å². The van der Waals surface area contributed by atoms with E-state index in [4.69, 9.17) is 4.42 Å². The Morgan fingerprint density at radius 1 is 1.17 bits per heavy atom. The van der Waals surface area contributed by atoms with Gasteiger partial charge in [-0.1, -0.05) is 44.2 Å². The Labute approximate surface area is 142 Å². The van der Waals surface area contributed by atoms with Crippen LogP contribution in [0.3, 0.4) is 0 Å². The molecule has 2 amide bonds. The van der Waals surface area contributed by atoms with Crippen molar-refractivity contribution in [2.45, 2.75) is 38.6 Å². The number of hydrogen-bond donors (Lipinski definition) is 2. The Kier molecular flexibility index (Phi) is 5.79. The lowest BCUT2D eigenvalue weighted by atomic mass is 9.79. The Hall–Kier alpha value is -2.56. The monoisotopic (exact) mass is 328 g/mol. The van der Waals surface area contributed by atoms with E-state index in [1.165, 1.54) is 18.1 Å². The van der Waals surface area contributed by atoms with E-state index in [0.717, 1.165) is 6.42 Å². The summed E-state index contributed by atoms with van der Waals surface area (Å²) >= 11 is 0. The highest BCUT2D eigenvalue weighted by atomic mass is 16.3. The van der Waals surface area contributed by atoms with Crippen LogP contribution in [0.1, 0.15) is 43.1 Å². The molecule has 1 unspecified atom stereocenters. The summed E-state index contributed by atoms with van der Waals surface area (Å²) < 4.78 is 4.84. The highest BCUT2D eigenvalue weighted by Crippen LogP contribution is 2.27. The lowest BCUT2D eigenvalue weighted by Crippen LogP contribution is -2.42. The molecule has 2 N–H and O–H groups in total. The number of carbonyl (C=O) groups excluding carboxylic acids is 2. The quantitative estimate of drug-likeness (QED) is 0.821. The van der Waals surface area contributed by atoms with Crippen molar-refractivity contribution in [3.05, 3.63) is 60.1 Å². The molecule has 0 spiro atoms. The number of benzene rings is 1. The average Bonchev–Trinajstić information content (AvgIpc) is 3.07. The number of furan rings is 1. The normalized spacial score (nSPS) is 12.5. The van der Waals surface area contributed by atoms with Crippen LogP contribution in [0.15, 0.2) is 53.3 Å². The molecule has 0 aliphatic heterocycles. The number of hydrogen-bond acceptors (Lipinski definition) is 3. The summed E-state index contributed by atoms with van der Waals surface area (Å²) in [5.74, 6) is -0.528. The zero-order chi connectivity index (χ0) is 17.6. The first-order chi connectivity index (χ1) is 11.4. The largest absolute Gasteiger partial charge is 0.472 e. The van der Waals surface area contributed by atoms with E-state index in [2.05, 4.69) is 36.6 Å². The van der Waals surface area contributed by atoms with Gasteiger partial charge in [0.25, 0.3) is 5.91 Å². The first kappa shape index (κ1) is 17.8. The van der Waals surface area contributed by atoms with E-state index in [9.17, 15) is 9.59 Å². The maximum absolute atomic E-state index is 12.0. The van der Waals surface area contributed by atoms with Crippen molar-refractivity contribution in [2.24, 2.45) is 0 Å². The molecule has 0 saturated carbocycles. The van der Waals surface area contributed by atoms with Crippen molar-refractivity contribution >= 4 is 11.8 Å². The minimum absolute atomic E-state index is 0.00136. The molecule has 5 heteroatoms. The minimum Gasteiger partial charge on any atom is -0.472 e. The van der Waals surface area contributed by atoms with Gasteiger partial charge in [0, 0.05) is 6.04 Å². The van der Waals surface area contributed by atoms with Gasteiger partial charge in [-0.05, 0) is 30.4 Å². The molecule has 1 aromatic heterocycles. The number of carbonyl (C=O) groups is 2. The SMILES string of the molecule is CC(CC(C)(C)c1ccccc1)NC(=O)CNC(=O)c1ccoc1. The predicted molar refractivity (Wildman–Crippen MR) is 92.7 cm³/mol. The second-order valence-electron chi connectivity index (χ2n) is 6.62. The summed E-state index contributed by atoms with van der Waals surface area (Å²) in [4.78, 5) is 23.8. The van der Waals surface area contributed by atoms with Crippen LogP contribution >= 0.6 is 0 Å². The molecule has 0 radical (unpaired) electrons. The van der Waals surface area contributed by atoms with Gasteiger partial charge in [-0.3, -0.25) is 9.59 Å². The molecule has 128 valence electrons. The molecular weight excluding hydrogens is 304 g/mol. The molecule has 24 heavy (non-hydrogen) atoms. The van der Waals surface area contributed by atoms with Gasteiger partial charge in [-0.2, -0.15) is 0 Å². The fourth-order valence-corrected chi connectivity index (χ4v) is 2.81. The van der Waals surface area contributed by atoms with Gasteiger partial charge < -0.3 is 15.1 Å². The first-order valence-electron chi connectivity index (χ1n) is 8.04. The fraction of sp³-hybridized carbons (Fsp3) is 0.368. The van der Waals surface area contributed by atoms with Gasteiger partial charge in [0.15, 0.2) is 0 Å². The molecule has 1 aromatic carbocycles. The zero-order valence-corrected chi connectivity index (χ0v) is 14.3. The summed E-state index contributed by atoms with van der Waals surface area (Å²) in [5.41, 5.74) is 1.59. The van der Waals surface area contributed by atoms with Gasteiger partial charge in [0.05, 0.1) is 18.4 Å². The Morgan fingerprint density at radius 2 is 1.88 bits per heavy atom. The molecule has 0 saturated heterocycles. The smallest absolute Gasteiger partial charge is 0.254 e. The van der Waals surface area contributed by atoms with E-state index >= 15 is 0 Å². The van der Waals surface area contributed by atoms with Crippen molar-refractivity contribution < 1.29 is 14.0 Å². The van der Waals surface area contributed by atoms with Crippen LogP contribution in [0.25, 0.3) is 0 Å². The van der Waals surface area contributed by atoms with E-state index in [1.807, 2.05) is 25.1 Å². The third kappa shape index (κ3) is 4.98. The van der Waals surface area contributed by atoms with Crippen molar-refractivity contribution in [3.63, 3.8) is 0 Å². The maximum Gasteiger partial charge on any atom is 0.254 e. The Bertz CT molecular complexity index is 663. The van der Waals surface area contributed by atoms with Crippen molar-refractivity contribution in [1.29, 1.82) is 0 Å². The number of amides is 2. The highest BCUT2D eigenvalue weighted by molar-refractivity contribution is 5.96. The Morgan fingerprint density at radius 3 is 2.50 bits per heavy atom. The van der Waals surface area contributed by atoms with E-state index in [0.29, 0.717) is 5.56 Å². The average molecular weight is 328 g/mol. The lowest BCUT2D eigenvalue weighted by molar-refractivity contribution is -0.120. The van der Waals surface area contributed by atoms with Gasteiger partial charge >= 0.3 is 0 Å². The molecule has 0 bridgehead atoms. The molecule has 0 aliphatic carbocycles. The Balaban J connectivity index is 1.80. The molecule has 0 fully saturated rings. The van der Waals surface area contributed by atoms with Crippen LogP contribution in [-0.2, 0) is 10.2 Å². The van der Waals surface area contributed by atoms with Crippen LogP contribution < -0.4 is 10.6 Å². The molecular formula is C19H24N2O3. The van der Waals surface area contributed by atoms with E-state index in [1.54, 1.807) is 6.07 Å². The van der Waals surface area contributed by atoms with Crippen LogP contribution in [0, 0.1) is 0 Å². The highest BCUT2D eigenvalue weighted by Gasteiger charge is 2.24. The molecule has 1 heterocycles. The summed E-state index contributed by atoms with van der Waals surface area (Å²) in [6.07, 6.45) is 3.57. The van der Waals surface area contributed by atoms with Gasteiger partial charge in [0.2, 0.25) is 5.91 Å². The molecule has 2 aromatic rings. The summed E-state index contributed by atoms with van der Waals surface area (Å²) in [5, 5.41) is 5.50. The standard InChI is InChI=1S/C19H24N2O3/c1-14(11-19(2,3)16-7-5-4-6-8-16)21-17(22)12-20-18(23)15-9-10-24-13-15/h4-10,13-14H,11-12H2,1-3H3,(H,20,23)(H,21,22). The summed E-state index contributed by atoms with van der Waals surface area (Å²) in [7, 11) is 0. The number of nitrogens with one attached hydrogen (secondary N) is 2. The third-order valence-electron chi connectivity index (χ3n) is 3.97. The van der Waals surface area contributed by atoms with E-state index in [-0.39, 0.29) is 29.8 Å². The minimum atomic E-state index is -0.323. The van der Waals surface area contributed by atoms with Crippen molar-refractivity contribution in [3.8, 4) is 0 Å². The number of rotatable bonds is 7. The van der Waals surface area contributed by atoms with E-state index < -0.39 is 0 Å². The van der Waals surface area contributed by atoms with Crippen LogP contribution in [0.4, 0.5) is 0 Å². The third-order valence-corrected chi connectivity index (χ3v) is 3.97. The van der Waals surface area contributed by atoms with Gasteiger partial charge in [-0.25, -0.2) is 0 Å². The molecule has 5 nitrogen and oxygen atoms in total. The zero-order valence-electron chi connectivity index (χ0n) is 14.3. The van der Waals surface area contributed by atoms with Crippen LogP contribution in [0.2, 0.25) is 0 Å². The fourth-order valence-electron chi connectivity index (χ4n) is 2.81. The molecule has 1 atom stereocenters. The van der Waals surface area contributed by atoms with Gasteiger partial charge in [0.1, 0.15) is 6.26 Å². The second-order valence-corrected chi connectivity index (χ2v) is 6.62. The van der Waals surface area contributed by atoms with Crippen molar-refractivity contribution in [2.75, 3.05) is 6.54 Å². The summed E-state index contributed by atoms with van der Waals surface area (Å²) in [6, 6.07) is 11.8. The molecule has 0 aliphatic rings.